The molecule has 0 spiro atoms. The Bertz CT molecular complexity index is 449. The molecule has 0 aromatic heterocycles. The van der Waals surface area contributed by atoms with Crippen LogP contribution in [0.4, 0.5) is 0 Å². The van der Waals surface area contributed by atoms with E-state index >= 15 is 0 Å². The number of halogens is 1. The Morgan fingerprint density at radius 3 is 2.61 bits per heavy atom. The zero-order valence-corrected chi connectivity index (χ0v) is 10.9. The maximum atomic E-state index is 11.6. The van der Waals surface area contributed by atoms with Crippen molar-refractivity contribution in [2.45, 2.75) is 24.8 Å². The molecule has 0 bridgehead atoms. The number of amides is 1. The molecule has 18 heavy (non-hydrogen) atoms. The molecule has 3 N–H and O–H groups in total. The highest BCUT2D eigenvalue weighted by atomic mass is 35.5. The van der Waals surface area contributed by atoms with Crippen LogP contribution in [0, 0.1) is 0 Å². The molecular formula is C14H17ClN2O. The molecule has 0 unspecified atom stereocenters. The molecule has 1 amide bonds. The quantitative estimate of drug-likeness (QED) is 0.821. The summed E-state index contributed by atoms with van der Waals surface area (Å²) in [5.41, 5.74) is 6.79. The highest BCUT2D eigenvalue weighted by molar-refractivity contribution is 6.30. The van der Waals surface area contributed by atoms with Crippen molar-refractivity contribution >= 4 is 23.6 Å². The van der Waals surface area contributed by atoms with Gasteiger partial charge in [-0.3, -0.25) is 4.79 Å². The van der Waals surface area contributed by atoms with Crippen LogP contribution in [0.3, 0.4) is 0 Å². The number of benzene rings is 1. The summed E-state index contributed by atoms with van der Waals surface area (Å²) >= 11 is 5.78. The first-order valence-electron chi connectivity index (χ1n) is 6.08. The Morgan fingerprint density at radius 1 is 1.39 bits per heavy atom. The van der Waals surface area contributed by atoms with Gasteiger partial charge in [0.05, 0.1) is 0 Å². The van der Waals surface area contributed by atoms with E-state index in [9.17, 15) is 4.79 Å². The Labute approximate surface area is 112 Å². The summed E-state index contributed by atoms with van der Waals surface area (Å²) in [4.78, 5) is 11.6. The highest BCUT2D eigenvalue weighted by Gasteiger charge is 2.32. The van der Waals surface area contributed by atoms with E-state index in [4.69, 9.17) is 17.3 Å². The first kappa shape index (κ1) is 13.1. The number of hydrogen-bond donors (Lipinski definition) is 2. The van der Waals surface area contributed by atoms with Gasteiger partial charge < -0.3 is 11.1 Å². The summed E-state index contributed by atoms with van der Waals surface area (Å²) < 4.78 is 0. The minimum atomic E-state index is -0.177. The molecule has 1 aliphatic rings. The van der Waals surface area contributed by atoms with Gasteiger partial charge in [0, 0.05) is 23.2 Å². The molecule has 0 atom stereocenters. The van der Waals surface area contributed by atoms with Crippen molar-refractivity contribution in [2.75, 3.05) is 6.54 Å². The van der Waals surface area contributed by atoms with E-state index in [2.05, 4.69) is 5.32 Å². The van der Waals surface area contributed by atoms with E-state index in [0.717, 1.165) is 24.8 Å². The zero-order valence-electron chi connectivity index (χ0n) is 10.2. The van der Waals surface area contributed by atoms with E-state index in [1.807, 2.05) is 12.1 Å². The lowest BCUT2D eigenvalue weighted by molar-refractivity contribution is -0.116. The fourth-order valence-corrected chi connectivity index (χ4v) is 2.00. The predicted molar refractivity (Wildman–Crippen MR) is 74.3 cm³/mol. The second kappa shape index (κ2) is 5.55. The molecule has 2 rings (SSSR count). The first-order chi connectivity index (χ1) is 8.57. The fraction of sp³-hybridized carbons (Fsp3) is 0.357. The van der Waals surface area contributed by atoms with Gasteiger partial charge in [-0.1, -0.05) is 23.7 Å². The number of carbonyl (C=O) groups is 1. The third kappa shape index (κ3) is 3.59. The molecular weight excluding hydrogens is 248 g/mol. The normalized spacial score (nSPS) is 17.4. The minimum absolute atomic E-state index is 0.110. The number of rotatable bonds is 4. The molecule has 0 radical (unpaired) electrons. The molecule has 0 saturated heterocycles. The lowest BCUT2D eigenvalue weighted by Crippen LogP contribution is -2.54. The van der Waals surface area contributed by atoms with Crippen LogP contribution in [0.15, 0.2) is 30.3 Å². The van der Waals surface area contributed by atoms with E-state index in [1.165, 1.54) is 6.08 Å². The van der Waals surface area contributed by atoms with Gasteiger partial charge in [-0.15, -0.1) is 0 Å². The molecule has 3 nitrogen and oxygen atoms in total. The summed E-state index contributed by atoms with van der Waals surface area (Å²) in [7, 11) is 0. The zero-order chi connectivity index (χ0) is 13.0. The Kier molecular flexibility index (Phi) is 4.04. The number of carbonyl (C=O) groups excluding carboxylic acids is 1. The topological polar surface area (TPSA) is 55.1 Å². The number of nitrogens with one attached hydrogen (secondary N) is 1. The van der Waals surface area contributed by atoms with Gasteiger partial charge in [0.25, 0.3) is 0 Å². The average Bonchev–Trinajstić information content (AvgIpc) is 2.33. The minimum Gasteiger partial charge on any atom is -0.351 e. The van der Waals surface area contributed by atoms with Crippen LogP contribution >= 0.6 is 11.6 Å². The van der Waals surface area contributed by atoms with Crippen molar-refractivity contribution in [1.29, 1.82) is 0 Å². The van der Waals surface area contributed by atoms with Crippen LogP contribution in [-0.2, 0) is 4.79 Å². The van der Waals surface area contributed by atoms with Gasteiger partial charge >= 0.3 is 0 Å². The largest absolute Gasteiger partial charge is 0.351 e. The summed E-state index contributed by atoms with van der Waals surface area (Å²) in [5, 5.41) is 3.52. The third-order valence-electron chi connectivity index (χ3n) is 3.26. The van der Waals surface area contributed by atoms with Gasteiger partial charge in [0.2, 0.25) is 5.91 Å². The lowest BCUT2D eigenvalue weighted by Gasteiger charge is -2.37. The van der Waals surface area contributed by atoms with Gasteiger partial charge in [0.15, 0.2) is 0 Å². The van der Waals surface area contributed by atoms with Crippen molar-refractivity contribution in [3.8, 4) is 0 Å². The van der Waals surface area contributed by atoms with Gasteiger partial charge in [-0.25, -0.2) is 0 Å². The van der Waals surface area contributed by atoms with E-state index in [-0.39, 0.29) is 11.4 Å². The molecule has 1 aromatic rings. The second-order valence-corrected chi connectivity index (χ2v) is 5.26. The van der Waals surface area contributed by atoms with Crippen molar-refractivity contribution < 1.29 is 4.79 Å². The molecule has 0 heterocycles. The summed E-state index contributed by atoms with van der Waals surface area (Å²) in [6, 6.07) is 7.32. The smallest absolute Gasteiger partial charge is 0.244 e. The Balaban J connectivity index is 1.81. The van der Waals surface area contributed by atoms with Crippen LogP contribution in [0.1, 0.15) is 24.8 Å². The summed E-state index contributed by atoms with van der Waals surface area (Å²) in [5.74, 6) is -0.110. The molecule has 1 aliphatic carbocycles. The van der Waals surface area contributed by atoms with Gasteiger partial charge in [-0.05, 0) is 43.0 Å². The SMILES string of the molecule is NC1(CNC(=O)/C=C/c2ccc(Cl)cc2)CCC1. The van der Waals surface area contributed by atoms with Gasteiger partial charge in [0.1, 0.15) is 0 Å². The van der Waals surface area contributed by atoms with Crippen molar-refractivity contribution in [3.05, 3.63) is 40.9 Å². The van der Waals surface area contributed by atoms with Crippen LogP contribution in [0.25, 0.3) is 6.08 Å². The van der Waals surface area contributed by atoms with Crippen molar-refractivity contribution in [1.82, 2.24) is 5.32 Å². The predicted octanol–water partition coefficient (Wildman–Crippen LogP) is 2.35. The van der Waals surface area contributed by atoms with Crippen LogP contribution in [0.5, 0.6) is 0 Å². The summed E-state index contributed by atoms with van der Waals surface area (Å²) in [6.07, 6.45) is 6.43. The van der Waals surface area contributed by atoms with Crippen LogP contribution in [-0.4, -0.2) is 18.0 Å². The van der Waals surface area contributed by atoms with Gasteiger partial charge in [-0.2, -0.15) is 0 Å². The van der Waals surface area contributed by atoms with E-state index in [1.54, 1.807) is 18.2 Å². The molecule has 1 saturated carbocycles. The maximum Gasteiger partial charge on any atom is 0.244 e. The lowest BCUT2D eigenvalue weighted by atomic mass is 9.78. The average molecular weight is 265 g/mol. The molecule has 96 valence electrons. The number of hydrogen-bond acceptors (Lipinski definition) is 2. The third-order valence-corrected chi connectivity index (χ3v) is 3.51. The molecule has 1 aromatic carbocycles. The Morgan fingerprint density at radius 2 is 2.06 bits per heavy atom. The number of nitrogens with two attached hydrogens (primary N) is 1. The molecule has 1 fully saturated rings. The maximum absolute atomic E-state index is 11.6. The van der Waals surface area contributed by atoms with Crippen LogP contribution in [0.2, 0.25) is 5.02 Å². The van der Waals surface area contributed by atoms with E-state index in [0.29, 0.717) is 11.6 Å². The van der Waals surface area contributed by atoms with Crippen LogP contribution < -0.4 is 11.1 Å². The summed E-state index contributed by atoms with van der Waals surface area (Å²) in [6.45, 7) is 0.552. The first-order valence-corrected chi connectivity index (χ1v) is 6.46. The standard InChI is InChI=1S/C14H17ClN2O/c15-12-5-2-11(3-6-12)4-7-13(18)17-10-14(16)8-1-9-14/h2-7H,1,8-10,16H2,(H,17,18)/b7-4+. The molecule has 4 heteroatoms. The molecule has 0 aliphatic heterocycles. The highest BCUT2D eigenvalue weighted by Crippen LogP contribution is 2.27. The monoisotopic (exact) mass is 264 g/mol. The van der Waals surface area contributed by atoms with Crippen molar-refractivity contribution in [2.24, 2.45) is 5.73 Å². The van der Waals surface area contributed by atoms with E-state index < -0.39 is 0 Å². The fourth-order valence-electron chi connectivity index (χ4n) is 1.88. The second-order valence-electron chi connectivity index (χ2n) is 4.82. The Hall–Kier alpha value is -1.32. The van der Waals surface area contributed by atoms with Crippen molar-refractivity contribution in [3.63, 3.8) is 0 Å².